The second kappa shape index (κ2) is 19.3. The normalized spacial score (nSPS) is 13.4. The van der Waals surface area contributed by atoms with Crippen molar-refractivity contribution < 1.29 is 52.7 Å². The molecule has 384 valence electrons. The molecule has 21 heteroatoms. The van der Waals surface area contributed by atoms with E-state index in [1.54, 1.807) is 77.9 Å². The van der Waals surface area contributed by atoms with E-state index in [0.717, 1.165) is 0 Å². The number of anilines is 1. The van der Waals surface area contributed by atoms with E-state index in [2.05, 4.69) is 25.6 Å². The van der Waals surface area contributed by atoms with Crippen molar-refractivity contribution >= 4 is 62.6 Å². The fraction of sp³-hybridized carbons (Fsp3) is 0.278. The van der Waals surface area contributed by atoms with Crippen LogP contribution in [0, 0.1) is 5.82 Å². The standard InChI is InChI=1S/C54H50FN9O10S/c1-52(2,3)73-50(69)63(21-18-44-62-45-46(59-28-60-48(45)75-44)57-27-39-37(55)8-7-19-56-39)20-17-43-61-38-22-29(9-16-40(38)64(43)51(70)74-53(4,5)6)26-58-47(67)30-10-13-33-36(23-30)54(72-49(33)68)34-14-11-31(65)24-41(34)71-42-25-32(66)12-15-35(42)54/h7-16,19,22-25,28,65-66H,17-18,20-21,26-27H2,1-6H3,(H,58,67)(H,57,59,60). The summed E-state index contributed by atoms with van der Waals surface area (Å²) in [7, 11) is 0. The van der Waals surface area contributed by atoms with Gasteiger partial charge < -0.3 is 44.7 Å². The number of nitrogens with zero attached hydrogens (tertiary/aromatic N) is 7. The van der Waals surface area contributed by atoms with Gasteiger partial charge in [0.2, 0.25) is 0 Å². The Morgan fingerprint density at radius 3 is 2.24 bits per heavy atom. The predicted molar refractivity (Wildman–Crippen MR) is 273 cm³/mol. The van der Waals surface area contributed by atoms with Crippen LogP contribution < -0.4 is 15.4 Å². The highest BCUT2D eigenvalue weighted by Crippen LogP contribution is 2.57. The number of carbonyl (C=O) groups is 4. The second-order valence-electron chi connectivity index (χ2n) is 19.9. The Kier molecular flexibility index (Phi) is 12.8. The van der Waals surface area contributed by atoms with Crippen molar-refractivity contribution in [3.05, 3.63) is 153 Å². The lowest BCUT2D eigenvalue weighted by Crippen LogP contribution is -2.39. The zero-order chi connectivity index (χ0) is 53.0. The molecular weight excluding hydrogens is 986 g/mol. The highest BCUT2D eigenvalue weighted by molar-refractivity contribution is 7.18. The number of carbonyl (C=O) groups excluding carboxylic acids is 4. The van der Waals surface area contributed by atoms with Crippen molar-refractivity contribution in [2.24, 2.45) is 0 Å². The number of hydrogen-bond acceptors (Lipinski definition) is 17. The van der Waals surface area contributed by atoms with Gasteiger partial charge in [0.05, 0.1) is 33.8 Å². The topological polar surface area (TPSA) is 242 Å². The molecule has 8 aromatic rings. The van der Waals surface area contributed by atoms with Gasteiger partial charge in [-0.05, 0) is 114 Å². The number of phenolic OH excluding ortho intramolecular Hbond substituents is 2. The van der Waals surface area contributed by atoms with Gasteiger partial charge in [0.1, 0.15) is 62.5 Å². The van der Waals surface area contributed by atoms with E-state index >= 15 is 0 Å². The summed E-state index contributed by atoms with van der Waals surface area (Å²) in [4.78, 5) is 79.9. The first-order valence-corrected chi connectivity index (χ1v) is 24.7. The van der Waals surface area contributed by atoms with E-state index in [0.29, 0.717) is 66.7 Å². The molecule has 6 heterocycles. The Labute approximate surface area is 432 Å². The number of imidazole rings is 1. The number of aromatic nitrogens is 6. The fourth-order valence-electron chi connectivity index (χ4n) is 8.92. The first kappa shape index (κ1) is 49.8. The molecule has 0 unspecified atom stereocenters. The molecule has 10 rings (SSSR count). The van der Waals surface area contributed by atoms with Crippen LogP contribution in [0.2, 0.25) is 0 Å². The molecule has 0 fully saturated rings. The number of thiazole rings is 1. The zero-order valence-corrected chi connectivity index (χ0v) is 42.4. The van der Waals surface area contributed by atoms with Gasteiger partial charge in [-0.15, -0.1) is 0 Å². The number of fused-ring (bicyclic) bond motifs is 8. The monoisotopic (exact) mass is 1040 g/mol. The van der Waals surface area contributed by atoms with E-state index in [4.69, 9.17) is 28.9 Å². The van der Waals surface area contributed by atoms with Crippen molar-refractivity contribution in [1.82, 2.24) is 39.7 Å². The molecule has 19 nitrogen and oxygen atoms in total. The number of nitrogens with one attached hydrogen (secondary N) is 2. The maximum absolute atomic E-state index is 14.3. The van der Waals surface area contributed by atoms with Crippen molar-refractivity contribution in [3.63, 3.8) is 0 Å². The van der Waals surface area contributed by atoms with Crippen LogP contribution in [0.3, 0.4) is 0 Å². The number of hydrogen-bond donors (Lipinski definition) is 4. The van der Waals surface area contributed by atoms with Crippen LogP contribution in [-0.4, -0.2) is 93.0 Å². The number of amides is 2. The average Bonchev–Trinajstić information content (AvgIpc) is 4.03. The molecule has 4 N–H and O–H groups in total. The zero-order valence-electron chi connectivity index (χ0n) is 41.6. The van der Waals surface area contributed by atoms with Crippen molar-refractivity contribution in [2.75, 3.05) is 18.4 Å². The lowest BCUT2D eigenvalue weighted by Gasteiger charge is -2.36. The molecule has 0 saturated heterocycles. The van der Waals surface area contributed by atoms with Gasteiger partial charge in [0, 0.05) is 73.1 Å². The summed E-state index contributed by atoms with van der Waals surface area (Å²) < 4.78 is 39.6. The Hall–Kier alpha value is -8.72. The molecular formula is C54H50FN9O10S. The molecule has 2 aliphatic rings. The van der Waals surface area contributed by atoms with Crippen LogP contribution in [-0.2, 0) is 45.7 Å². The summed E-state index contributed by atoms with van der Waals surface area (Å²) in [5.41, 5.74) is 0.656. The van der Waals surface area contributed by atoms with E-state index in [1.807, 2.05) is 0 Å². The molecule has 0 aliphatic carbocycles. The van der Waals surface area contributed by atoms with Gasteiger partial charge in [-0.3, -0.25) is 9.78 Å². The van der Waals surface area contributed by atoms with Gasteiger partial charge in [-0.25, -0.2) is 43.3 Å². The van der Waals surface area contributed by atoms with Crippen LogP contribution in [0.1, 0.15) is 101 Å². The van der Waals surface area contributed by atoms with E-state index in [-0.39, 0.29) is 72.4 Å². The largest absolute Gasteiger partial charge is 0.508 e. The van der Waals surface area contributed by atoms with E-state index in [9.17, 15) is 33.8 Å². The molecule has 0 saturated carbocycles. The SMILES string of the molecule is CC(C)(C)OC(=O)N(CCc1nc2c(NCc3ncccc3F)ncnc2s1)CCc1nc2cc(CNC(=O)c3ccc4c(c3)C3(OC4=O)c4ccc(O)cc4Oc4cc(O)ccc43)ccc2n1C(=O)OC(C)(C)C. The summed E-state index contributed by atoms with van der Waals surface area (Å²) in [6.45, 7) is 11.0. The molecule has 1 spiro atoms. The van der Waals surface area contributed by atoms with Crippen molar-refractivity contribution in [1.29, 1.82) is 0 Å². The molecule has 4 aromatic heterocycles. The maximum Gasteiger partial charge on any atom is 0.420 e. The number of phenols is 2. The van der Waals surface area contributed by atoms with Gasteiger partial charge in [0.25, 0.3) is 5.91 Å². The third-order valence-corrected chi connectivity index (χ3v) is 13.2. The third kappa shape index (κ3) is 10.0. The molecule has 2 aliphatic heterocycles. The van der Waals surface area contributed by atoms with Crippen LogP contribution in [0.25, 0.3) is 21.4 Å². The minimum atomic E-state index is -1.56. The number of halogens is 1. The molecule has 0 bridgehead atoms. The van der Waals surface area contributed by atoms with E-state index in [1.165, 1.54) is 81.9 Å². The maximum atomic E-state index is 14.3. The first-order chi connectivity index (χ1) is 35.7. The summed E-state index contributed by atoms with van der Waals surface area (Å²) in [6.07, 6.45) is 2.08. The van der Waals surface area contributed by atoms with Crippen molar-refractivity contribution in [2.45, 2.75) is 84.3 Å². The minimum absolute atomic E-state index is 0.0449. The first-order valence-electron chi connectivity index (χ1n) is 23.9. The third-order valence-electron chi connectivity index (χ3n) is 12.2. The number of benzene rings is 4. The summed E-state index contributed by atoms with van der Waals surface area (Å²) in [6, 6.07) is 21.6. The van der Waals surface area contributed by atoms with Crippen LogP contribution in [0.5, 0.6) is 23.0 Å². The Bertz CT molecular complexity index is 3550. The van der Waals surface area contributed by atoms with Gasteiger partial charge in [-0.1, -0.05) is 17.4 Å². The van der Waals surface area contributed by atoms with Crippen LogP contribution in [0.15, 0.2) is 97.5 Å². The Balaban J connectivity index is 0.887. The fourth-order valence-corrected chi connectivity index (χ4v) is 9.82. The average molecular weight is 1040 g/mol. The summed E-state index contributed by atoms with van der Waals surface area (Å²) >= 11 is 1.33. The predicted octanol–water partition coefficient (Wildman–Crippen LogP) is 9.30. The van der Waals surface area contributed by atoms with Gasteiger partial charge >= 0.3 is 18.2 Å². The molecule has 75 heavy (non-hydrogen) atoms. The lowest BCUT2D eigenvalue weighted by atomic mass is 9.77. The number of ether oxygens (including phenoxy) is 4. The smallest absolute Gasteiger partial charge is 0.420 e. The quantitative estimate of drug-likeness (QED) is 0.0658. The number of esters is 1. The molecule has 4 aromatic carbocycles. The Morgan fingerprint density at radius 1 is 0.813 bits per heavy atom. The molecule has 0 atom stereocenters. The number of aromatic hydroxyl groups is 2. The highest BCUT2D eigenvalue weighted by Gasteiger charge is 2.54. The Morgan fingerprint density at radius 2 is 1.53 bits per heavy atom. The van der Waals surface area contributed by atoms with Gasteiger partial charge in [0.15, 0.2) is 11.4 Å². The van der Waals surface area contributed by atoms with Crippen LogP contribution >= 0.6 is 11.3 Å². The number of pyridine rings is 1. The second-order valence-corrected chi connectivity index (χ2v) is 20.9. The summed E-state index contributed by atoms with van der Waals surface area (Å²) in [5, 5.41) is 27.4. The molecule has 0 radical (unpaired) electrons. The molecule has 2 amide bonds. The lowest BCUT2D eigenvalue weighted by molar-refractivity contribution is 0.0220. The van der Waals surface area contributed by atoms with Crippen LogP contribution in [0.4, 0.5) is 19.8 Å². The summed E-state index contributed by atoms with van der Waals surface area (Å²) in [5.74, 6) is -0.593. The minimum Gasteiger partial charge on any atom is -0.508 e. The number of rotatable bonds is 12. The van der Waals surface area contributed by atoms with Gasteiger partial charge in [-0.2, -0.15) is 0 Å². The van der Waals surface area contributed by atoms with Crippen molar-refractivity contribution in [3.8, 4) is 23.0 Å². The highest BCUT2D eigenvalue weighted by atomic mass is 32.1. The van der Waals surface area contributed by atoms with E-state index < -0.39 is 46.7 Å².